The Hall–Kier alpha value is -3.33. The van der Waals surface area contributed by atoms with Gasteiger partial charge in [-0.3, -0.25) is 0 Å². The molecular weight excluding hydrogens is 380 g/mol. The van der Waals surface area contributed by atoms with E-state index in [1.165, 1.54) is 11.3 Å². The Morgan fingerprint density at radius 1 is 0.750 bits per heavy atom. The van der Waals surface area contributed by atoms with Crippen LogP contribution < -0.4 is 18.9 Å². The van der Waals surface area contributed by atoms with Crippen LogP contribution in [-0.4, -0.2) is 34.0 Å². The molecule has 4 aromatic rings. The lowest BCUT2D eigenvalue weighted by Crippen LogP contribution is -2.03. The Bertz CT molecular complexity index is 1040. The van der Waals surface area contributed by atoms with E-state index in [1.807, 2.05) is 48.5 Å². The second kappa shape index (κ2) is 8.13. The van der Waals surface area contributed by atoms with Gasteiger partial charge in [0, 0.05) is 0 Å². The Morgan fingerprint density at radius 2 is 1.29 bits per heavy atom. The molecule has 2 aromatic heterocycles. The monoisotopic (exact) mass is 398 g/mol. The van der Waals surface area contributed by atoms with Crippen LogP contribution in [0, 0.1) is 0 Å². The number of hydrogen-bond acceptors (Lipinski definition) is 8. The van der Waals surface area contributed by atoms with Crippen LogP contribution in [0.1, 0.15) is 10.8 Å². The number of aromatic nitrogens is 4. The van der Waals surface area contributed by atoms with Gasteiger partial charge in [0.25, 0.3) is 0 Å². The zero-order valence-corrected chi connectivity index (χ0v) is 16.2. The minimum absolute atomic E-state index is 0.260. The molecule has 0 fully saturated rings. The lowest BCUT2D eigenvalue weighted by molar-refractivity contribution is 0.289. The maximum absolute atomic E-state index is 5.77. The zero-order chi connectivity index (χ0) is 19.3. The second-order valence-electron chi connectivity index (χ2n) is 5.73. The fourth-order valence-electron chi connectivity index (χ4n) is 2.48. The van der Waals surface area contributed by atoms with Gasteiger partial charge < -0.3 is 18.9 Å². The van der Waals surface area contributed by atoms with Crippen molar-refractivity contribution >= 4 is 16.3 Å². The Morgan fingerprint density at radius 3 is 1.86 bits per heavy atom. The van der Waals surface area contributed by atoms with Crippen molar-refractivity contribution in [1.29, 1.82) is 0 Å². The average molecular weight is 398 g/mol. The third-order valence-electron chi connectivity index (χ3n) is 3.95. The van der Waals surface area contributed by atoms with Crippen molar-refractivity contribution in [1.82, 2.24) is 19.8 Å². The van der Waals surface area contributed by atoms with Crippen molar-refractivity contribution in [3.8, 4) is 23.0 Å². The van der Waals surface area contributed by atoms with Crippen molar-refractivity contribution in [3.05, 3.63) is 59.4 Å². The van der Waals surface area contributed by atoms with E-state index in [4.69, 9.17) is 18.9 Å². The summed E-state index contributed by atoms with van der Waals surface area (Å²) in [5, 5.41) is 13.6. The van der Waals surface area contributed by atoms with Crippen molar-refractivity contribution in [3.63, 3.8) is 0 Å². The van der Waals surface area contributed by atoms with Gasteiger partial charge in [0.15, 0.2) is 10.8 Å². The van der Waals surface area contributed by atoms with Crippen LogP contribution in [0.5, 0.6) is 23.0 Å². The topological polar surface area (TPSA) is 80.0 Å². The molecule has 0 amide bonds. The third-order valence-corrected chi connectivity index (χ3v) is 4.82. The number of hydrogen-bond donors (Lipinski definition) is 0. The number of ether oxygens (including phenoxy) is 4. The Balaban J connectivity index is 1.39. The summed E-state index contributed by atoms with van der Waals surface area (Å²) in [6.45, 7) is 0.606. The molecule has 0 N–H and O–H groups in total. The van der Waals surface area contributed by atoms with E-state index in [0.717, 1.165) is 28.0 Å². The van der Waals surface area contributed by atoms with Crippen molar-refractivity contribution in [2.24, 2.45) is 0 Å². The standard InChI is InChI=1S/C19H18N4O4S/c1-24-13-3-7-15(8-4-13)26-11-17-20-21-19-23(17)22-18(28-19)12-27-16-9-5-14(25-2)6-10-16/h3-10H,11-12H2,1-2H3. The molecule has 28 heavy (non-hydrogen) atoms. The van der Waals surface area contributed by atoms with E-state index in [2.05, 4.69) is 15.3 Å². The molecule has 2 heterocycles. The van der Waals surface area contributed by atoms with Crippen LogP contribution in [-0.2, 0) is 13.2 Å². The fraction of sp³-hybridized carbons (Fsp3) is 0.211. The molecule has 0 bridgehead atoms. The van der Waals surface area contributed by atoms with Crippen molar-refractivity contribution in [2.45, 2.75) is 13.2 Å². The molecule has 0 radical (unpaired) electrons. The highest BCUT2D eigenvalue weighted by molar-refractivity contribution is 7.16. The van der Waals surface area contributed by atoms with E-state index < -0.39 is 0 Å². The lowest BCUT2D eigenvalue weighted by atomic mass is 10.3. The predicted octanol–water partition coefficient (Wildman–Crippen LogP) is 3.36. The van der Waals surface area contributed by atoms with Gasteiger partial charge in [0.05, 0.1) is 14.2 Å². The summed E-state index contributed by atoms with van der Waals surface area (Å²) >= 11 is 1.43. The van der Waals surface area contributed by atoms with E-state index in [-0.39, 0.29) is 6.61 Å². The first-order valence-electron chi connectivity index (χ1n) is 8.49. The first-order chi connectivity index (χ1) is 13.7. The quantitative estimate of drug-likeness (QED) is 0.450. The molecule has 8 nitrogen and oxygen atoms in total. The number of rotatable bonds is 8. The van der Waals surface area contributed by atoms with E-state index in [9.17, 15) is 0 Å². The molecule has 0 saturated heterocycles. The van der Waals surface area contributed by atoms with E-state index >= 15 is 0 Å². The average Bonchev–Trinajstić information content (AvgIpc) is 3.32. The second-order valence-corrected chi connectivity index (χ2v) is 6.78. The molecule has 144 valence electrons. The summed E-state index contributed by atoms with van der Waals surface area (Å²) < 4.78 is 23.5. The highest BCUT2D eigenvalue weighted by Crippen LogP contribution is 2.21. The molecule has 0 spiro atoms. The van der Waals surface area contributed by atoms with Gasteiger partial charge >= 0.3 is 0 Å². The highest BCUT2D eigenvalue weighted by Gasteiger charge is 2.13. The summed E-state index contributed by atoms with van der Waals surface area (Å²) in [7, 11) is 3.26. The van der Waals surface area contributed by atoms with E-state index in [0.29, 0.717) is 17.4 Å². The van der Waals surface area contributed by atoms with Crippen molar-refractivity contribution in [2.75, 3.05) is 14.2 Å². The fourth-order valence-corrected chi connectivity index (χ4v) is 3.25. The van der Waals surface area contributed by atoms with Gasteiger partial charge in [-0.05, 0) is 48.5 Å². The first kappa shape index (κ1) is 18.1. The molecule has 0 saturated carbocycles. The molecule has 0 aliphatic heterocycles. The predicted molar refractivity (Wildman–Crippen MR) is 103 cm³/mol. The van der Waals surface area contributed by atoms with Gasteiger partial charge in [-0.15, -0.1) is 10.2 Å². The highest BCUT2D eigenvalue weighted by atomic mass is 32.1. The summed E-state index contributed by atoms with van der Waals surface area (Å²) in [4.78, 5) is 0.696. The molecular formula is C19H18N4O4S. The zero-order valence-electron chi connectivity index (χ0n) is 15.4. The van der Waals surface area contributed by atoms with Gasteiger partial charge in [-0.1, -0.05) is 11.3 Å². The molecule has 4 rings (SSSR count). The first-order valence-corrected chi connectivity index (χ1v) is 9.30. The molecule has 0 aliphatic carbocycles. The Kier molecular flexibility index (Phi) is 5.24. The third kappa shape index (κ3) is 3.99. The summed E-state index contributed by atoms with van der Waals surface area (Å²) in [6.07, 6.45) is 0. The molecule has 2 aromatic carbocycles. The normalized spacial score (nSPS) is 10.8. The maximum Gasteiger partial charge on any atom is 0.234 e. The number of methoxy groups -OCH3 is 2. The summed E-state index contributed by atoms with van der Waals surface area (Å²) in [6, 6.07) is 14.8. The van der Waals surface area contributed by atoms with Crippen molar-refractivity contribution < 1.29 is 18.9 Å². The summed E-state index contributed by atoms with van der Waals surface area (Å²) in [5.41, 5.74) is 0. The van der Waals surface area contributed by atoms with Crippen LogP contribution in [0.3, 0.4) is 0 Å². The molecule has 0 aliphatic rings. The van der Waals surface area contributed by atoms with E-state index in [1.54, 1.807) is 18.7 Å². The molecule has 0 atom stereocenters. The van der Waals surface area contributed by atoms with Gasteiger partial charge in [0.1, 0.15) is 36.2 Å². The number of nitrogens with zero attached hydrogens (tertiary/aromatic N) is 4. The summed E-state index contributed by atoms with van der Waals surface area (Å²) in [5.74, 6) is 3.65. The van der Waals surface area contributed by atoms with Crippen LogP contribution in [0.25, 0.3) is 4.96 Å². The molecule has 9 heteroatoms. The lowest BCUT2D eigenvalue weighted by Gasteiger charge is -2.05. The van der Waals surface area contributed by atoms with Crippen LogP contribution in [0.4, 0.5) is 0 Å². The number of benzene rings is 2. The molecule has 0 unspecified atom stereocenters. The maximum atomic E-state index is 5.77. The van der Waals surface area contributed by atoms with Gasteiger partial charge in [-0.25, -0.2) is 0 Å². The van der Waals surface area contributed by atoms with Crippen LogP contribution >= 0.6 is 11.3 Å². The number of fused-ring (bicyclic) bond motifs is 1. The minimum Gasteiger partial charge on any atom is -0.497 e. The largest absolute Gasteiger partial charge is 0.497 e. The van der Waals surface area contributed by atoms with Gasteiger partial charge in [-0.2, -0.15) is 9.61 Å². The SMILES string of the molecule is COc1ccc(OCc2nn3c(COc4ccc(OC)cc4)nnc3s2)cc1. The van der Waals surface area contributed by atoms with Gasteiger partial charge in [0.2, 0.25) is 4.96 Å². The Labute approximate surface area is 165 Å². The van der Waals surface area contributed by atoms with Crippen LogP contribution in [0.2, 0.25) is 0 Å². The smallest absolute Gasteiger partial charge is 0.234 e. The van der Waals surface area contributed by atoms with Crippen LogP contribution in [0.15, 0.2) is 48.5 Å². The minimum atomic E-state index is 0.260.